The largest absolute Gasteiger partial charge is 0.492 e. The van der Waals surface area contributed by atoms with Crippen molar-refractivity contribution in [3.05, 3.63) is 54.2 Å². The van der Waals surface area contributed by atoms with Gasteiger partial charge in [-0.1, -0.05) is 6.07 Å². The summed E-state index contributed by atoms with van der Waals surface area (Å²) in [4.78, 5) is 25.6. The zero-order chi connectivity index (χ0) is 25.9. The van der Waals surface area contributed by atoms with Crippen LogP contribution in [0.3, 0.4) is 0 Å². The lowest BCUT2D eigenvalue weighted by atomic mass is 10.2. The highest BCUT2D eigenvalue weighted by molar-refractivity contribution is 5.98. The number of nitrogens with one attached hydrogen (secondary N) is 3. The molecule has 0 radical (unpaired) electrons. The van der Waals surface area contributed by atoms with Gasteiger partial charge in [0.1, 0.15) is 12.1 Å². The van der Waals surface area contributed by atoms with Crippen LogP contribution in [0.1, 0.15) is 20.3 Å². The van der Waals surface area contributed by atoms with Crippen LogP contribution >= 0.6 is 0 Å². The van der Waals surface area contributed by atoms with E-state index >= 15 is 0 Å². The fourth-order valence-electron chi connectivity index (χ4n) is 3.03. The summed E-state index contributed by atoms with van der Waals surface area (Å²) in [5, 5.41) is 20.2. The number of ether oxygens (including phenoxy) is 1. The Morgan fingerprint density at radius 2 is 2.03 bits per heavy atom. The minimum atomic E-state index is -2.72. The predicted molar refractivity (Wildman–Crippen MR) is 122 cm³/mol. The number of hydrogen-bond donors (Lipinski definition) is 3. The van der Waals surface area contributed by atoms with Gasteiger partial charge < -0.3 is 20.7 Å². The number of anilines is 4. The van der Waals surface area contributed by atoms with Crippen molar-refractivity contribution in [3.63, 3.8) is 0 Å². The van der Waals surface area contributed by atoms with E-state index in [4.69, 9.17) is 8.85 Å². The number of carbonyl (C=O) groups is 1. The average molecular weight is 449 g/mol. The van der Waals surface area contributed by atoms with Gasteiger partial charge in [0, 0.05) is 36.1 Å². The van der Waals surface area contributed by atoms with E-state index in [0.717, 1.165) is 5.69 Å². The number of aromatic nitrogens is 7. The minimum Gasteiger partial charge on any atom is -0.492 e. The highest BCUT2D eigenvalue weighted by atomic mass is 16.5. The Morgan fingerprint density at radius 3 is 2.76 bits per heavy atom. The average Bonchev–Trinajstić information content (AvgIpc) is 3.24. The molecule has 0 atom stereocenters. The lowest BCUT2D eigenvalue weighted by Gasteiger charge is -2.15. The van der Waals surface area contributed by atoms with Gasteiger partial charge in [-0.2, -0.15) is 5.10 Å². The summed E-state index contributed by atoms with van der Waals surface area (Å²) in [6, 6.07) is 8.57. The molecule has 0 aliphatic rings. The van der Waals surface area contributed by atoms with E-state index in [1.807, 2.05) is 24.4 Å². The smallest absolute Gasteiger partial charge is 0.273 e. The summed E-state index contributed by atoms with van der Waals surface area (Å²) in [6.07, 6.45) is 3.06. The maximum Gasteiger partial charge on any atom is 0.273 e. The number of aryl methyl sites for hydroxylation is 2. The molecule has 4 rings (SSSR count). The Kier molecular flexibility index (Phi) is 5.05. The number of carbonyl (C=O) groups excluding carboxylic acids is 1. The molecular weight excluding hydrogens is 424 g/mol. The summed E-state index contributed by atoms with van der Waals surface area (Å²) < 4.78 is 29.2. The first-order valence-electron chi connectivity index (χ1n) is 11.2. The molecule has 0 fully saturated rings. The van der Waals surface area contributed by atoms with Crippen LogP contribution in [0.2, 0.25) is 0 Å². The molecule has 4 aromatic rings. The second-order valence-electron chi connectivity index (χ2n) is 6.84. The third-order valence-electron chi connectivity index (χ3n) is 4.47. The van der Waals surface area contributed by atoms with Gasteiger partial charge in [0.2, 0.25) is 0 Å². The number of rotatable bonds is 7. The van der Waals surface area contributed by atoms with Gasteiger partial charge in [-0.05, 0) is 25.1 Å². The van der Waals surface area contributed by atoms with Crippen molar-refractivity contribution < 1.29 is 13.6 Å². The summed E-state index contributed by atoms with van der Waals surface area (Å²) in [7, 11) is 3.19. The lowest BCUT2D eigenvalue weighted by Crippen LogP contribution is -2.21. The minimum absolute atomic E-state index is 0.124. The Balaban J connectivity index is 1.75. The highest BCUT2D eigenvalue weighted by Crippen LogP contribution is 2.35. The normalized spacial score (nSPS) is 12.3. The van der Waals surface area contributed by atoms with E-state index in [9.17, 15) is 4.79 Å². The molecule has 0 aliphatic carbocycles. The van der Waals surface area contributed by atoms with Crippen LogP contribution in [-0.4, -0.2) is 54.9 Å². The molecule has 0 spiro atoms. The molecular formula is C21H22N10O2. The maximum absolute atomic E-state index is 12.7. The molecule has 4 heterocycles. The Labute approximate surface area is 193 Å². The van der Waals surface area contributed by atoms with Gasteiger partial charge in [0.15, 0.2) is 28.9 Å². The van der Waals surface area contributed by atoms with E-state index in [-0.39, 0.29) is 23.0 Å². The van der Waals surface area contributed by atoms with Crippen LogP contribution in [0.4, 0.5) is 23.1 Å². The quantitative estimate of drug-likeness (QED) is 0.384. The molecule has 33 heavy (non-hydrogen) atoms. The maximum atomic E-state index is 12.7. The van der Waals surface area contributed by atoms with Crippen molar-refractivity contribution in [1.82, 2.24) is 40.2 Å². The van der Waals surface area contributed by atoms with Crippen LogP contribution in [0, 0.1) is 6.92 Å². The van der Waals surface area contributed by atoms with Crippen LogP contribution in [0.25, 0.3) is 11.4 Å². The molecule has 0 bridgehead atoms. The molecule has 3 N–H and O–H groups in total. The molecule has 0 unspecified atom stereocenters. The molecule has 0 saturated carbocycles. The van der Waals surface area contributed by atoms with Crippen molar-refractivity contribution in [1.29, 1.82) is 0 Å². The Morgan fingerprint density at radius 1 is 1.15 bits per heavy atom. The standard InChI is InChI=1S/C21H22N10O2/c1-12-6-5-7-15(25-12)27-16-10-14(17(29-28-16)21(32)22-2)26-20-18(33-4)13(8-9-23-20)19-24-11-31(3)30-19/h5-11H,1-4H3,(H,22,32)(H2,23,25,26,27,28)/i2D3. The zero-order valence-electron chi connectivity index (χ0n) is 21.0. The second kappa shape index (κ2) is 9.26. The fourth-order valence-corrected chi connectivity index (χ4v) is 3.03. The van der Waals surface area contributed by atoms with Crippen LogP contribution < -0.4 is 20.7 Å². The first-order valence-corrected chi connectivity index (χ1v) is 9.70. The molecule has 12 nitrogen and oxygen atoms in total. The highest BCUT2D eigenvalue weighted by Gasteiger charge is 2.20. The fraction of sp³-hybridized carbons (Fsp3) is 0.190. The molecule has 4 aromatic heterocycles. The first kappa shape index (κ1) is 18.0. The molecule has 0 saturated heterocycles. The molecule has 1 amide bonds. The van der Waals surface area contributed by atoms with Crippen molar-refractivity contribution in [2.24, 2.45) is 7.05 Å². The Bertz CT molecular complexity index is 1410. The van der Waals surface area contributed by atoms with Crippen molar-refractivity contribution in [3.8, 4) is 17.1 Å². The summed E-state index contributed by atoms with van der Waals surface area (Å²) in [5.41, 5.74) is 1.19. The predicted octanol–water partition coefficient (Wildman–Crippen LogP) is 2.23. The molecule has 0 aromatic carbocycles. The van der Waals surface area contributed by atoms with Gasteiger partial charge in [0.25, 0.3) is 5.91 Å². The number of methoxy groups -OCH3 is 1. The van der Waals surface area contributed by atoms with E-state index in [1.165, 1.54) is 19.4 Å². The number of hydrogen-bond acceptors (Lipinski definition) is 10. The van der Waals surface area contributed by atoms with Crippen LogP contribution in [0.15, 0.2) is 42.9 Å². The second-order valence-corrected chi connectivity index (χ2v) is 6.84. The summed E-state index contributed by atoms with van der Waals surface area (Å²) in [6.45, 7) is -0.883. The van der Waals surface area contributed by atoms with Gasteiger partial charge in [-0.15, -0.1) is 10.2 Å². The number of nitrogens with zero attached hydrogens (tertiary/aromatic N) is 7. The van der Waals surface area contributed by atoms with Gasteiger partial charge in [-0.3, -0.25) is 9.48 Å². The van der Waals surface area contributed by atoms with E-state index < -0.39 is 12.9 Å². The topological polar surface area (TPSA) is 145 Å². The third kappa shape index (κ3) is 4.69. The van der Waals surface area contributed by atoms with Crippen molar-refractivity contribution >= 4 is 29.0 Å². The van der Waals surface area contributed by atoms with Gasteiger partial charge in [0.05, 0.1) is 18.4 Å². The summed E-state index contributed by atoms with van der Waals surface area (Å²) in [5.74, 6) is 0.736. The SMILES string of the molecule is [2H]C([2H])([2H])NC(=O)c1nnc(Nc2cccc(C)n2)cc1Nc1nccc(-c2ncn(C)n2)c1OC. The van der Waals surface area contributed by atoms with Crippen molar-refractivity contribution in [2.45, 2.75) is 6.92 Å². The van der Waals surface area contributed by atoms with Crippen LogP contribution in [-0.2, 0) is 7.05 Å². The molecule has 12 heteroatoms. The van der Waals surface area contributed by atoms with E-state index in [2.05, 4.69) is 40.9 Å². The molecule has 168 valence electrons. The lowest BCUT2D eigenvalue weighted by molar-refractivity contribution is 0.0958. The number of amides is 1. The van der Waals surface area contributed by atoms with Gasteiger partial charge in [-0.25, -0.2) is 15.0 Å². The van der Waals surface area contributed by atoms with Crippen molar-refractivity contribution in [2.75, 3.05) is 24.7 Å². The Hall–Kier alpha value is -4.61. The zero-order valence-corrected chi connectivity index (χ0v) is 18.0. The first-order chi connectivity index (χ1) is 17.1. The molecule has 0 aliphatic heterocycles. The third-order valence-corrected chi connectivity index (χ3v) is 4.47. The monoisotopic (exact) mass is 449 g/mol. The van der Waals surface area contributed by atoms with Gasteiger partial charge >= 0.3 is 0 Å². The number of pyridine rings is 2. The van der Waals surface area contributed by atoms with Crippen LogP contribution in [0.5, 0.6) is 5.75 Å². The van der Waals surface area contributed by atoms with E-state index in [0.29, 0.717) is 23.0 Å². The summed E-state index contributed by atoms with van der Waals surface area (Å²) >= 11 is 0. The van der Waals surface area contributed by atoms with E-state index in [1.54, 1.807) is 30.2 Å².